The lowest BCUT2D eigenvalue weighted by atomic mass is 9.94. The molecule has 0 aliphatic carbocycles. The van der Waals surface area contributed by atoms with Gasteiger partial charge in [-0.2, -0.15) is 0 Å². The average Bonchev–Trinajstić information content (AvgIpc) is 2.37. The van der Waals surface area contributed by atoms with Gasteiger partial charge in [-0.15, -0.1) is 0 Å². The number of aromatic nitrogens is 1. The van der Waals surface area contributed by atoms with E-state index in [1.807, 2.05) is 0 Å². The van der Waals surface area contributed by atoms with Crippen molar-refractivity contribution >= 4 is 27.8 Å². The highest BCUT2D eigenvalue weighted by molar-refractivity contribution is 9.10. The smallest absolute Gasteiger partial charge is 0.303 e. The standard InChI is InChI=1S/C13H15BrN2O3/c14-11-5-1-4-10(15-11)13(19)16-6-2-3-9(8-16)7-12(17)18/h1,4-5,9H,2-3,6-8H2,(H,17,18). The van der Waals surface area contributed by atoms with E-state index in [-0.39, 0.29) is 18.2 Å². The topological polar surface area (TPSA) is 70.5 Å². The van der Waals surface area contributed by atoms with E-state index in [1.165, 1.54) is 0 Å². The number of amides is 1. The first-order chi connectivity index (χ1) is 9.06. The fraction of sp³-hybridized carbons (Fsp3) is 0.462. The van der Waals surface area contributed by atoms with Crippen molar-refractivity contribution in [1.29, 1.82) is 0 Å². The van der Waals surface area contributed by atoms with Gasteiger partial charge in [0.15, 0.2) is 0 Å². The molecule has 1 aliphatic heterocycles. The lowest BCUT2D eigenvalue weighted by Crippen LogP contribution is -2.40. The van der Waals surface area contributed by atoms with Crippen molar-refractivity contribution in [3.8, 4) is 0 Å². The highest BCUT2D eigenvalue weighted by Crippen LogP contribution is 2.21. The molecule has 2 rings (SSSR count). The number of carbonyl (C=O) groups is 2. The van der Waals surface area contributed by atoms with Crippen molar-refractivity contribution < 1.29 is 14.7 Å². The number of rotatable bonds is 3. The molecule has 102 valence electrons. The molecule has 19 heavy (non-hydrogen) atoms. The Morgan fingerprint density at radius 2 is 2.26 bits per heavy atom. The quantitative estimate of drug-likeness (QED) is 0.864. The van der Waals surface area contributed by atoms with Crippen LogP contribution < -0.4 is 0 Å². The first-order valence-electron chi connectivity index (χ1n) is 6.20. The van der Waals surface area contributed by atoms with Gasteiger partial charge in [-0.05, 0) is 46.8 Å². The fourth-order valence-electron chi connectivity index (χ4n) is 2.35. The third-order valence-electron chi connectivity index (χ3n) is 3.20. The van der Waals surface area contributed by atoms with Gasteiger partial charge in [-0.3, -0.25) is 9.59 Å². The van der Waals surface area contributed by atoms with Crippen molar-refractivity contribution in [2.24, 2.45) is 5.92 Å². The second-order valence-electron chi connectivity index (χ2n) is 4.70. The molecule has 1 unspecified atom stereocenters. The molecule has 1 atom stereocenters. The van der Waals surface area contributed by atoms with Gasteiger partial charge in [0.1, 0.15) is 10.3 Å². The molecular weight excluding hydrogens is 312 g/mol. The summed E-state index contributed by atoms with van der Waals surface area (Å²) in [6.07, 6.45) is 1.83. The van der Waals surface area contributed by atoms with Gasteiger partial charge < -0.3 is 10.0 Å². The lowest BCUT2D eigenvalue weighted by molar-refractivity contribution is -0.138. The predicted octanol–water partition coefficient (Wildman–Crippen LogP) is 2.17. The minimum Gasteiger partial charge on any atom is -0.481 e. The van der Waals surface area contributed by atoms with Crippen LogP contribution in [0, 0.1) is 5.92 Å². The molecule has 0 aromatic carbocycles. The number of pyridine rings is 1. The Balaban J connectivity index is 2.04. The summed E-state index contributed by atoms with van der Waals surface area (Å²) in [6, 6.07) is 5.21. The van der Waals surface area contributed by atoms with Gasteiger partial charge in [0.05, 0.1) is 0 Å². The molecule has 0 bridgehead atoms. The zero-order chi connectivity index (χ0) is 13.8. The first-order valence-corrected chi connectivity index (χ1v) is 6.99. The van der Waals surface area contributed by atoms with E-state index < -0.39 is 5.97 Å². The maximum atomic E-state index is 12.3. The van der Waals surface area contributed by atoms with Crippen LogP contribution >= 0.6 is 15.9 Å². The molecule has 1 fully saturated rings. The number of halogens is 1. The number of hydrogen-bond acceptors (Lipinski definition) is 3. The maximum Gasteiger partial charge on any atom is 0.303 e. The highest BCUT2D eigenvalue weighted by atomic mass is 79.9. The van der Waals surface area contributed by atoms with Gasteiger partial charge in [-0.1, -0.05) is 6.07 Å². The molecule has 1 N–H and O–H groups in total. The fourth-order valence-corrected chi connectivity index (χ4v) is 2.70. The summed E-state index contributed by atoms with van der Waals surface area (Å²) < 4.78 is 0.623. The molecule has 1 aromatic rings. The van der Waals surface area contributed by atoms with E-state index in [0.717, 1.165) is 12.8 Å². The summed E-state index contributed by atoms with van der Waals surface area (Å²) in [5, 5.41) is 8.82. The normalized spacial score (nSPS) is 19.2. The molecule has 1 saturated heterocycles. The van der Waals surface area contributed by atoms with Crippen LogP contribution in [0.2, 0.25) is 0 Å². The van der Waals surface area contributed by atoms with E-state index in [0.29, 0.717) is 23.4 Å². The van der Waals surface area contributed by atoms with Gasteiger partial charge in [0.25, 0.3) is 5.91 Å². The summed E-state index contributed by atoms with van der Waals surface area (Å²) in [5.74, 6) is -0.890. The minimum atomic E-state index is -0.806. The predicted molar refractivity (Wildman–Crippen MR) is 72.8 cm³/mol. The van der Waals surface area contributed by atoms with Gasteiger partial charge in [0.2, 0.25) is 0 Å². The van der Waals surface area contributed by atoms with Crippen LogP contribution in [0.4, 0.5) is 0 Å². The third kappa shape index (κ3) is 3.76. The number of likely N-dealkylation sites (tertiary alicyclic amines) is 1. The molecule has 0 spiro atoms. The Morgan fingerprint density at radius 1 is 1.47 bits per heavy atom. The number of carboxylic acid groups (broad SMARTS) is 1. The Bertz CT molecular complexity index is 493. The van der Waals surface area contributed by atoms with Gasteiger partial charge >= 0.3 is 5.97 Å². The number of nitrogens with zero attached hydrogens (tertiary/aromatic N) is 2. The van der Waals surface area contributed by atoms with E-state index in [1.54, 1.807) is 23.1 Å². The van der Waals surface area contributed by atoms with E-state index >= 15 is 0 Å². The third-order valence-corrected chi connectivity index (χ3v) is 3.65. The number of carbonyl (C=O) groups excluding carboxylic acids is 1. The van der Waals surface area contributed by atoms with Gasteiger partial charge in [0, 0.05) is 19.5 Å². The summed E-state index contributed by atoms with van der Waals surface area (Å²) in [6.45, 7) is 1.17. The molecule has 0 radical (unpaired) electrons. The number of hydrogen-bond donors (Lipinski definition) is 1. The monoisotopic (exact) mass is 326 g/mol. The minimum absolute atomic E-state index is 0.0438. The average molecular weight is 327 g/mol. The zero-order valence-corrected chi connectivity index (χ0v) is 12.0. The molecule has 1 aliphatic rings. The lowest BCUT2D eigenvalue weighted by Gasteiger charge is -2.31. The van der Waals surface area contributed by atoms with Crippen molar-refractivity contribution in [3.63, 3.8) is 0 Å². The largest absolute Gasteiger partial charge is 0.481 e. The Labute approximate surface area is 119 Å². The van der Waals surface area contributed by atoms with E-state index in [9.17, 15) is 9.59 Å². The summed E-state index contributed by atoms with van der Waals surface area (Å²) >= 11 is 3.24. The second kappa shape index (κ2) is 6.14. The molecule has 1 amide bonds. The molecule has 2 heterocycles. The summed E-state index contributed by atoms with van der Waals surface area (Å²) in [7, 11) is 0. The second-order valence-corrected chi connectivity index (χ2v) is 5.52. The SMILES string of the molecule is O=C(O)CC1CCCN(C(=O)c2cccc(Br)n2)C1. The molecule has 6 heteroatoms. The van der Waals surface area contributed by atoms with Crippen molar-refractivity contribution in [3.05, 3.63) is 28.5 Å². The Hall–Kier alpha value is -1.43. The van der Waals surface area contributed by atoms with Crippen molar-refractivity contribution in [1.82, 2.24) is 9.88 Å². The van der Waals surface area contributed by atoms with Crippen LogP contribution in [-0.4, -0.2) is 40.0 Å². The van der Waals surface area contributed by atoms with Gasteiger partial charge in [-0.25, -0.2) is 4.98 Å². The van der Waals surface area contributed by atoms with Crippen LogP contribution in [0.25, 0.3) is 0 Å². The van der Waals surface area contributed by atoms with Crippen LogP contribution in [0.5, 0.6) is 0 Å². The first kappa shape index (κ1) is 14.0. The molecule has 1 aromatic heterocycles. The molecule has 0 saturated carbocycles. The number of carboxylic acids is 1. The van der Waals surface area contributed by atoms with E-state index in [2.05, 4.69) is 20.9 Å². The number of aliphatic carboxylic acids is 1. The number of piperidine rings is 1. The Morgan fingerprint density at radius 3 is 2.95 bits per heavy atom. The van der Waals surface area contributed by atoms with Crippen LogP contribution in [0.3, 0.4) is 0 Å². The Kier molecular flexibility index (Phi) is 4.52. The summed E-state index contributed by atoms with van der Waals surface area (Å²) in [4.78, 5) is 28.9. The zero-order valence-electron chi connectivity index (χ0n) is 10.4. The van der Waals surface area contributed by atoms with Crippen LogP contribution in [0.1, 0.15) is 29.8 Å². The molecular formula is C13H15BrN2O3. The molecule has 5 nitrogen and oxygen atoms in total. The van der Waals surface area contributed by atoms with E-state index in [4.69, 9.17) is 5.11 Å². The van der Waals surface area contributed by atoms with Crippen molar-refractivity contribution in [2.75, 3.05) is 13.1 Å². The van der Waals surface area contributed by atoms with Crippen LogP contribution in [-0.2, 0) is 4.79 Å². The van der Waals surface area contributed by atoms with Crippen molar-refractivity contribution in [2.45, 2.75) is 19.3 Å². The highest BCUT2D eigenvalue weighted by Gasteiger charge is 2.26. The van der Waals surface area contributed by atoms with Crippen LogP contribution in [0.15, 0.2) is 22.8 Å². The summed E-state index contributed by atoms with van der Waals surface area (Å²) in [5.41, 5.74) is 0.394. The maximum absolute atomic E-state index is 12.3.